The standard InChI is InChI=1S/C15H32NO4P/c1-6-10-12-19-21(18,20-13-11-7-2)14(5)15(17)16(8-3)9-4/h14H,6-13H2,1-5H3/t14-/m0/s1. The maximum atomic E-state index is 12.9. The van der Waals surface area contributed by atoms with Gasteiger partial charge in [0.2, 0.25) is 5.91 Å². The maximum absolute atomic E-state index is 12.9. The van der Waals surface area contributed by atoms with Gasteiger partial charge in [0.1, 0.15) is 5.66 Å². The lowest BCUT2D eigenvalue weighted by molar-refractivity contribution is -0.130. The molecular weight excluding hydrogens is 289 g/mol. The van der Waals surface area contributed by atoms with Crippen molar-refractivity contribution in [2.24, 2.45) is 0 Å². The molecule has 1 atom stereocenters. The molecule has 0 aliphatic rings. The van der Waals surface area contributed by atoms with E-state index in [1.165, 1.54) is 0 Å². The molecule has 0 bridgehead atoms. The Morgan fingerprint density at radius 1 is 1.00 bits per heavy atom. The molecule has 0 aromatic carbocycles. The average molecular weight is 321 g/mol. The zero-order chi connectivity index (χ0) is 16.3. The summed E-state index contributed by atoms with van der Waals surface area (Å²) in [5.74, 6) is -0.156. The molecule has 0 aliphatic heterocycles. The highest BCUT2D eigenvalue weighted by atomic mass is 31.2. The highest BCUT2D eigenvalue weighted by Crippen LogP contribution is 2.53. The van der Waals surface area contributed by atoms with E-state index in [0.717, 1.165) is 25.7 Å². The zero-order valence-corrected chi connectivity index (χ0v) is 15.2. The largest absolute Gasteiger partial charge is 0.342 e. The molecule has 0 unspecified atom stereocenters. The van der Waals surface area contributed by atoms with Gasteiger partial charge in [0, 0.05) is 13.1 Å². The molecule has 0 aromatic heterocycles. The van der Waals surface area contributed by atoms with Crippen molar-refractivity contribution in [3.05, 3.63) is 0 Å². The van der Waals surface area contributed by atoms with Crippen LogP contribution in [0.1, 0.15) is 60.3 Å². The number of nitrogens with zero attached hydrogens (tertiary/aromatic N) is 1. The third-order valence-electron chi connectivity index (χ3n) is 3.45. The summed E-state index contributed by atoms with van der Waals surface area (Å²) in [5, 5.41) is 0. The van der Waals surface area contributed by atoms with Crippen molar-refractivity contribution in [1.82, 2.24) is 4.90 Å². The van der Waals surface area contributed by atoms with Crippen molar-refractivity contribution in [2.75, 3.05) is 26.3 Å². The second-order valence-corrected chi connectivity index (χ2v) is 7.47. The summed E-state index contributed by atoms with van der Waals surface area (Å²) in [6.45, 7) is 11.5. The molecule has 0 saturated heterocycles. The summed E-state index contributed by atoms with van der Waals surface area (Å²) in [5.41, 5.74) is -0.744. The molecule has 21 heavy (non-hydrogen) atoms. The zero-order valence-electron chi connectivity index (χ0n) is 14.3. The monoisotopic (exact) mass is 321 g/mol. The van der Waals surface area contributed by atoms with Crippen molar-refractivity contribution >= 4 is 13.5 Å². The molecule has 0 rings (SSSR count). The van der Waals surface area contributed by atoms with E-state index in [0.29, 0.717) is 26.3 Å². The predicted molar refractivity (Wildman–Crippen MR) is 86.7 cm³/mol. The van der Waals surface area contributed by atoms with Crippen molar-refractivity contribution < 1.29 is 18.4 Å². The van der Waals surface area contributed by atoms with Gasteiger partial charge >= 0.3 is 7.60 Å². The first-order chi connectivity index (χ1) is 9.96. The minimum Gasteiger partial charge on any atom is -0.342 e. The van der Waals surface area contributed by atoms with Crippen LogP contribution in [0.25, 0.3) is 0 Å². The molecule has 1 amide bonds. The predicted octanol–water partition coefficient (Wildman–Crippen LogP) is 4.07. The minimum atomic E-state index is -3.40. The Morgan fingerprint density at radius 3 is 1.76 bits per heavy atom. The van der Waals surface area contributed by atoms with Crippen LogP contribution < -0.4 is 0 Å². The number of hydrogen-bond donors (Lipinski definition) is 0. The van der Waals surface area contributed by atoms with Gasteiger partial charge in [0.15, 0.2) is 0 Å². The van der Waals surface area contributed by atoms with E-state index in [1.807, 2.05) is 27.7 Å². The molecule has 5 nitrogen and oxygen atoms in total. The normalized spacial score (nSPS) is 13.2. The first-order valence-electron chi connectivity index (χ1n) is 8.14. The Kier molecular flexibility index (Phi) is 11.0. The summed E-state index contributed by atoms with van der Waals surface area (Å²) in [7, 11) is -3.40. The molecule has 0 aromatic rings. The number of rotatable bonds is 12. The second-order valence-electron chi connectivity index (χ2n) is 5.10. The Labute approximate surface area is 129 Å². The molecule has 0 fully saturated rings. The fourth-order valence-corrected chi connectivity index (χ4v) is 3.59. The number of unbranched alkanes of at least 4 members (excludes halogenated alkanes) is 2. The molecule has 0 radical (unpaired) electrons. The fourth-order valence-electron chi connectivity index (χ4n) is 1.87. The van der Waals surface area contributed by atoms with Gasteiger partial charge in [-0.15, -0.1) is 0 Å². The molecule has 126 valence electrons. The summed E-state index contributed by atoms with van der Waals surface area (Å²) in [6.07, 6.45) is 3.53. The fraction of sp³-hybridized carbons (Fsp3) is 0.933. The number of carbonyl (C=O) groups is 1. The Hall–Kier alpha value is -0.380. The van der Waals surface area contributed by atoms with Crippen molar-refractivity contribution in [1.29, 1.82) is 0 Å². The van der Waals surface area contributed by atoms with Crippen LogP contribution in [0.15, 0.2) is 0 Å². The molecule has 0 spiro atoms. The molecule has 0 N–H and O–H groups in total. The van der Waals surface area contributed by atoms with Gasteiger partial charge < -0.3 is 13.9 Å². The molecule has 6 heteroatoms. The smallest absolute Gasteiger partial charge is 0.342 e. The lowest BCUT2D eigenvalue weighted by Crippen LogP contribution is -2.38. The van der Waals surface area contributed by atoms with Crippen molar-refractivity contribution in [3.63, 3.8) is 0 Å². The summed E-state index contributed by atoms with van der Waals surface area (Å²) < 4.78 is 24.0. The highest BCUT2D eigenvalue weighted by molar-refractivity contribution is 7.55. The van der Waals surface area contributed by atoms with Crippen LogP contribution in [0.5, 0.6) is 0 Å². The Balaban J connectivity index is 4.90. The quantitative estimate of drug-likeness (QED) is 0.401. The van der Waals surface area contributed by atoms with Crippen LogP contribution in [0.4, 0.5) is 0 Å². The van der Waals surface area contributed by atoms with E-state index in [2.05, 4.69) is 0 Å². The molecular formula is C15H32NO4P. The van der Waals surface area contributed by atoms with Gasteiger partial charge in [-0.2, -0.15) is 0 Å². The first kappa shape index (κ1) is 20.6. The highest BCUT2D eigenvalue weighted by Gasteiger charge is 2.39. The third-order valence-corrected chi connectivity index (χ3v) is 5.70. The van der Waals surface area contributed by atoms with Gasteiger partial charge in [-0.25, -0.2) is 0 Å². The van der Waals surface area contributed by atoms with Gasteiger partial charge in [0.05, 0.1) is 13.2 Å². The first-order valence-corrected chi connectivity index (χ1v) is 9.75. The van der Waals surface area contributed by atoms with E-state index < -0.39 is 13.3 Å². The Morgan fingerprint density at radius 2 is 1.43 bits per heavy atom. The van der Waals surface area contributed by atoms with E-state index in [1.54, 1.807) is 11.8 Å². The second kappa shape index (κ2) is 11.2. The topological polar surface area (TPSA) is 55.8 Å². The Bertz CT molecular complexity index is 318. The van der Waals surface area contributed by atoms with Crippen molar-refractivity contribution in [3.8, 4) is 0 Å². The molecule has 0 heterocycles. The van der Waals surface area contributed by atoms with E-state index in [4.69, 9.17) is 9.05 Å². The average Bonchev–Trinajstić information content (AvgIpc) is 2.48. The number of amides is 1. The van der Waals surface area contributed by atoms with Crippen LogP contribution in [-0.4, -0.2) is 42.8 Å². The van der Waals surface area contributed by atoms with Crippen LogP contribution in [0.3, 0.4) is 0 Å². The van der Waals surface area contributed by atoms with E-state index in [-0.39, 0.29) is 5.91 Å². The summed E-state index contributed by atoms with van der Waals surface area (Å²) in [6, 6.07) is 0. The summed E-state index contributed by atoms with van der Waals surface area (Å²) in [4.78, 5) is 14.1. The van der Waals surface area contributed by atoms with Crippen LogP contribution >= 0.6 is 7.60 Å². The van der Waals surface area contributed by atoms with Gasteiger partial charge in [-0.3, -0.25) is 9.36 Å². The SMILES string of the molecule is CCCCOP(=O)(OCCCC)[C@@H](C)C(=O)N(CC)CC. The lowest BCUT2D eigenvalue weighted by Gasteiger charge is -2.28. The van der Waals surface area contributed by atoms with E-state index in [9.17, 15) is 9.36 Å². The van der Waals surface area contributed by atoms with Gasteiger partial charge in [-0.05, 0) is 33.6 Å². The van der Waals surface area contributed by atoms with Crippen LogP contribution in [0, 0.1) is 0 Å². The lowest BCUT2D eigenvalue weighted by atomic mass is 10.4. The molecule has 0 saturated carbocycles. The van der Waals surface area contributed by atoms with Gasteiger partial charge in [-0.1, -0.05) is 26.7 Å². The minimum absolute atomic E-state index is 0.156. The van der Waals surface area contributed by atoms with Crippen molar-refractivity contribution in [2.45, 2.75) is 66.0 Å². The third kappa shape index (κ3) is 6.94. The number of hydrogen-bond acceptors (Lipinski definition) is 4. The number of carbonyl (C=O) groups excluding carboxylic acids is 1. The van der Waals surface area contributed by atoms with Crippen LogP contribution in [0.2, 0.25) is 0 Å². The van der Waals surface area contributed by atoms with Gasteiger partial charge in [0.25, 0.3) is 0 Å². The maximum Gasteiger partial charge on any atom is 0.342 e. The van der Waals surface area contributed by atoms with Crippen LogP contribution in [-0.2, 0) is 18.4 Å². The summed E-state index contributed by atoms with van der Waals surface area (Å²) >= 11 is 0. The molecule has 0 aliphatic carbocycles. The van der Waals surface area contributed by atoms with E-state index >= 15 is 0 Å².